The summed E-state index contributed by atoms with van der Waals surface area (Å²) < 4.78 is 6.44. The number of ether oxygens (including phenoxy) is 1. The van der Waals surface area contributed by atoms with E-state index in [1.165, 1.54) is 28.2 Å². The van der Waals surface area contributed by atoms with Crippen molar-refractivity contribution < 1.29 is 4.74 Å². The molecule has 0 saturated carbocycles. The van der Waals surface area contributed by atoms with Crippen LogP contribution in [-0.2, 0) is 0 Å². The van der Waals surface area contributed by atoms with Crippen molar-refractivity contribution in [1.82, 2.24) is 5.32 Å². The molecule has 2 aromatic rings. The lowest BCUT2D eigenvalue weighted by Gasteiger charge is -2.15. The molecular weight excluding hydrogens is 346 g/mol. The Morgan fingerprint density at radius 1 is 1.24 bits per heavy atom. The largest absolute Gasteiger partial charge is 0.497 e. The highest BCUT2D eigenvalue weighted by molar-refractivity contribution is 9.10. The van der Waals surface area contributed by atoms with Crippen molar-refractivity contribution in [3.8, 4) is 16.2 Å². The smallest absolute Gasteiger partial charge is 0.119 e. The molecule has 4 heteroatoms. The number of halogens is 1. The summed E-state index contributed by atoms with van der Waals surface area (Å²) >= 11 is 5.50. The molecule has 0 aliphatic carbocycles. The molecule has 1 N–H and O–H groups in total. The van der Waals surface area contributed by atoms with E-state index in [0.717, 1.165) is 16.8 Å². The van der Waals surface area contributed by atoms with E-state index >= 15 is 0 Å². The van der Waals surface area contributed by atoms with Crippen LogP contribution in [0.1, 0.15) is 37.6 Å². The molecule has 0 bridgehead atoms. The predicted molar refractivity (Wildman–Crippen MR) is 95.3 cm³/mol. The normalized spacial score (nSPS) is 12.4. The molecule has 0 aliphatic rings. The van der Waals surface area contributed by atoms with E-state index in [4.69, 9.17) is 4.74 Å². The second-order valence-electron chi connectivity index (χ2n) is 4.95. The molecule has 0 aliphatic heterocycles. The zero-order chi connectivity index (χ0) is 15.2. The number of hydrogen-bond acceptors (Lipinski definition) is 3. The van der Waals surface area contributed by atoms with Gasteiger partial charge < -0.3 is 10.1 Å². The van der Waals surface area contributed by atoms with Crippen molar-refractivity contribution in [1.29, 1.82) is 0 Å². The highest BCUT2D eigenvalue weighted by Crippen LogP contribution is 2.38. The summed E-state index contributed by atoms with van der Waals surface area (Å²) in [5.41, 5.74) is 1.19. The minimum atomic E-state index is 0.461. The van der Waals surface area contributed by atoms with Crippen LogP contribution in [0.2, 0.25) is 0 Å². The van der Waals surface area contributed by atoms with Crippen molar-refractivity contribution in [3.05, 3.63) is 39.7 Å². The number of nitrogens with one attached hydrogen (secondary N) is 1. The fourth-order valence-corrected chi connectivity index (χ4v) is 4.12. The Morgan fingerprint density at radius 3 is 2.71 bits per heavy atom. The van der Waals surface area contributed by atoms with Gasteiger partial charge in [0.2, 0.25) is 0 Å². The zero-order valence-corrected chi connectivity index (χ0v) is 15.2. The maximum absolute atomic E-state index is 5.33. The maximum atomic E-state index is 5.33. The van der Waals surface area contributed by atoms with E-state index in [1.54, 1.807) is 7.11 Å². The Kier molecular flexibility index (Phi) is 6.27. The van der Waals surface area contributed by atoms with Crippen LogP contribution in [0.4, 0.5) is 0 Å². The Bertz CT molecular complexity index is 576. The Labute approximate surface area is 139 Å². The third kappa shape index (κ3) is 4.09. The highest BCUT2D eigenvalue weighted by atomic mass is 79.9. The average Bonchev–Trinajstić information content (AvgIpc) is 2.97. The van der Waals surface area contributed by atoms with Gasteiger partial charge in [0, 0.05) is 25.8 Å². The SMILES string of the molecule is CCCC(NCC)c1ccc(-c2cc(OC)ccc2Br)s1. The molecule has 1 aromatic carbocycles. The van der Waals surface area contributed by atoms with E-state index in [9.17, 15) is 0 Å². The van der Waals surface area contributed by atoms with E-state index in [0.29, 0.717) is 6.04 Å². The molecule has 0 fully saturated rings. The molecule has 1 unspecified atom stereocenters. The van der Waals surface area contributed by atoms with Crippen LogP contribution in [0.5, 0.6) is 5.75 Å². The third-order valence-corrected chi connectivity index (χ3v) is 5.36. The van der Waals surface area contributed by atoms with E-state index in [1.807, 2.05) is 23.5 Å². The van der Waals surface area contributed by atoms with Crippen LogP contribution in [0.3, 0.4) is 0 Å². The van der Waals surface area contributed by atoms with Crippen LogP contribution in [0, 0.1) is 0 Å². The van der Waals surface area contributed by atoms with Gasteiger partial charge in [-0.3, -0.25) is 0 Å². The van der Waals surface area contributed by atoms with Crippen molar-refractivity contribution in [2.24, 2.45) is 0 Å². The standard InChI is InChI=1S/C17H22BrNOS/c1-4-6-15(19-5-2)17-10-9-16(21-17)13-11-12(20-3)7-8-14(13)18/h7-11,15,19H,4-6H2,1-3H3. The van der Waals surface area contributed by atoms with Crippen molar-refractivity contribution >= 4 is 27.3 Å². The number of methoxy groups -OCH3 is 1. The summed E-state index contributed by atoms with van der Waals surface area (Å²) in [5.74, 6) is 0.889. The maximum Gasteiger partial charge on any atom is 0.119 e. The average molecular weight is 368 g/mol. The molecule has 2 rings (SSSR count). The Hall–Kier alpha value is -0.840. The fourth-order valence-electron chi connectivity index (χ4n) is 2.39. The van der Waals surface area contributed by atoms with Crippen LogP contribution < -0.4 is 10.1 Å². The molecule has 0 amide bonds. The zero-order valence-electron chi connectivity index (χ0n) is 12.8. The summed E-state index contributed by atoms with van der Waals surface area (Å²) in [4.78, 5) is 2.68. The Morgan fingerprint density at radius 2 is 2.05 bits per heavy atom. The van der Waals surface area contributed by atoms with Gasteiger partial charge in [0.1, 0.15) is 5.75 Å². The van der Waals surface area contributed by atoms with Crippen molar-refractivity contribution in [2.75, 3.05) is 13.7 Å². The van der Waals surface area contributed by atoms with Gasteiger partial charge in [-0.2, -0.15) is 0 Å². The monoisotopic (exact) mass is 367 g/mol. The molecule has 21 heavy (non-hydrogen) atoms. The van der Waals surface area contributed by atoms with Gasteiger partial charge in [-0.1, -0.05) is 36.2 Å². The first-order valence-corrected chi connectivity index (χ1v) is 8.97. The van der Waals surface area contributed by atoms with Crippen LogP contribution >= 0.6 is 27.3 Å². The van der Waals surface area contributed by atoms with E-state index in [2.05, 4.69) is 53.3 Å². The number of thiophene rings is 1. The van der Waals surface area contributed by atoms with Crippen molar-refractivity contribution in [3.63, 3.8) is 0 Å². The number of benzene rings is 1. The van der Waals surface area contributed by atoms with Crippen molar-refractivity contribution in [2.45, 2.75) is 32.7 Å². The molecule has 1 heterocycles. The lowest BCUT2D eigenvalue weighted by molar-refractivity contribution is 0.415. The molecule has 1 atom stereocenters. The predicted octanol–water partition coefficient (Wildman–Crippen LogP) is 5.64. The molecular formula is C17H22BrNOS. The van der Waals surface area contributed by atoms with Gasteiger partial charge in [0.15, 0.2) is 0 Å². The molecule has 2 nitrogen and oxygen atoms in total. The van der Waals surface area contributed by atoms with Gasteiger partial charge in [0.25, 0.3) is 0 Å². The van der Waals surface area contributed by atoms with Crippen LogP contribution in [0.15, 0.2) is 34.8 Å². The highest BCUT2D eigenvalue weighted by Gasteiger charge is 2.14. The lowest BCUT2D eigenvalue weighted by atomic mass is 10.1. The molecule has 114 valence electrons. The minimum Gasteiger partial charge on any atom is -0.497 e. The van der Waals surface area contributed by atoms with Gasteiger partial charge in [0.05, 0.1) is 7.11 Å². The van der Waals surface area contributed by atoms with E-state index in [-0.39, 0.29) is 0 Å². The van der Waals surface area contributed by atoms with Gasteiger partial charge in [-0.05, 0) is 43.3 Å². The summed E-state index contributed by atoms with van der Waals surface area (Å²) in [6.45, 7) is 5.40. The van der Waals surface area contributed by atoms with Crippen LogP contribution in [-0.4, -0.2) is 13.7 Å². The Balaban J connectivity index is 2.30. The fraction of sp³-hybridized carbons (Fsp3) is 0.412. The second-order valence-corrected chi connectivity index (χ2v) is 6.92. The molecule has 1 aromatic heterocycles. The van der Waals surface area contributed by atoms with Gasteiger partial charge in [-0.15, -0.1) is 11.3 Å². The first-order valence-electron chi connectivity index (χ1n) is 7.36. The topological polar surface area (TPSA) is 21.3 Å². The third-order valence-electron chi connectivity index (χ3n) is 3.44. The first kappa shape index (κ1) is 16.5. The lowest BCUT2D eigenvalue weighted by Crippen LogP contribution is -2.19. The molecule has 0 saturated heterocycles. The first-order chi connectivity index (χ1) is 10.2. The van der Waals surface area contributed by atoms with Gasteiger partial charge >= 0.3 is 0 Å². The van der Waals surface area contributed by atoms with E-state index < -0.39 is 0 Å². The molecule has 0 radical (unpaired) electrons. The minimum absolute atomic E-state index is 0.461. The number of rotatable bonds is 7. The van der Waals surface area contributed by atoms with Crippen LogP contribution in [0.25, 0.3) is 10.4 Å². The summed E-state index contributed by atoms with van der Waals surface area (Å²) in [6, 6.07) is 11.0. The number of hydrogen-bond donors (Lipinski definition) is 1. The second kappa shape index (κ2) is 7.97. The summed E-state index contributed by atoms with van der Waals surface area (Å²) in [5, 5.41) is 3.58. The summed E-state index contributed by atoms with van der Waals surface area (Å²) in [6.07, 6.45) is 2.36. The summed E-state index contributed by atoms with van der Waals surface area (Å²) in [7, 11) is 1.70. The quantitative estimate of drug-likeness (QED) is 0.683. The molecule has 0 spiro atoms. The van der Waals surface area contributed by atoms with Gasteiger partial charge in [-0.25, -0.2) is 0 Å².